The van der Waals surface area contributed by atoms with Gasteiger partial charge in [-0.3, -0.25) is 14.5 Å². The van der Waals surface area contributed by atoms with Crippen molar-refractivity contribution < 1.29 is 9.59 Å². The molecule has 0 unspecified atom stereocenters. The standard InChI is InChI=1S/C19H19ClN2O2/c1-14-7-9-17(10-8-14)22(13-21-11-3-6-18(21)23)19(24)15-4-2-5-16(20)12-15/h2,4-5,7-10,12H,3,6,11,13H2,1H3. The molecule has 1 aliphatic rings. The van der Waals surface area contributed by atoms with Gasteiger partial charge in [-0.05, 0) is 43.7 Å². The summed E-state index contributed by atoms with van der Waals surface area (Å²) in [5, 5.41) is 0.516. The van der Waals surface area contributed by atoms with E-state index in [9.17, 15) is 9.59 Å². The minimum Gasteiger partial charge on any atom is -0.324 e. The zero-order valence-electron chi connectivity index (χ0n) is 13.5. The molecule has 0 aliphatic carbocycles. The van der Waals surface area contributed by atoms with Crippen LogP contribution in [0, 0.1) is 6.92 Å². The highest BCUT2D eigenvalue weighted by Gasteiger charge is 2.26. The summed E-state index contributed by atoms with van der Waals surface area (Å²) in [5.74, 6) is -0.0768. The number of likely N-dealkylation sites (tertiary alicyclic amines) is 1. The van der Waals surface area contributed by atoms with Crippen molar-refractivity contribution in [2.24, 2.45) is 0 Å². The van der Waals surface area contributed by atoms with Crippen LogP contribution < -0.4 is 4.90 Å². The van der Waals surface area contributed by atoms with Gasteiger partial charge in [0.15, 0.2) is 0 Å². The first-order chi connectivity index (χ1) is 11.5. The quantitative estimate of drug-likeness (QED) is 0.846. The summed E-state index contributed by atoms with van der Waals surface area (Å²) in [4.78, 5) is 28.3. The molecule has 5 heteroatoms. The fourth-order valence-electron chi connectivity index (χ4n) is 2.79. The molecule has 0 spiro atoms. The maximum Gasteiger partial charge on any atom is 0.259 e. The number of benzene rings is 2. The molecular weight excluding hydrogens is 324 g/mol. The Labute approximate surface area is 146 Å². The first-order valence-electron chi connectivity index (χ1n) is 7.96. The molecule has 0 atom stereocenters. The van der Waals surface area contributed by atoms with Crippen LogP contribution in [0.25, 0.3) is 0 Å². The summed E-state index contributed by atoms with van der Waals surface area (Å²) in [7, 11) is 0. The second-order valence-electron chi connectivity index (χ2n) is 5.98. The van der Waals surface area contributed by atoms with Gasteiger partial charge in [0.05, 0.1) is 0 Å². The first-order valence-corrected chi connectivity index (χ1v) is 8.34. The van der Waals surface area contributed by atoms with Crippen molar-refractivity contribution in [1.82, 2.24) is 4.90 Å². The third kappa shape index (κ3) is 3.60. The molecule has 1 saturated heterocycles. The zero-order valence-corrected chi connectivity index (χ0v) is 14.3. The third-order valence-corrected chi connectivity index (χ3v) is 4.38. The van der Waals surface area contributed by atoms with E-state index in [1.165, 1.54) is 0 Å². The molecule has 2 amide bonds. The number of carbonyl (C=O) groups is 2. The van der Waals surface area contributed by atoms with Gasteiger partial charge in [-0.1, -0.05) is 35.4 Å². The molecular formula is C19H19ClN2O2. The van der Waals surface area contributed by atoms with Crippen LogP contribution in [0.3, 0.4) is 0 Å². The summed E-state index contributed by atoms with van der Waals surface area (Å²) in [6.45, 7) is 2.94. The number of anilines is 1. The molecule has 2 aromatic carbocycles. The minimum absolute atomic E-state index is 0.0889. The van der Waals surface area contributed by atoms with E-state index in [2.05, 4.69) is 0 Å². The Bertz CT molecular complexity index is 758. The SMILES string of the molecule is Cc1ccc(N(CN2CCCC2=O)C(=O)c2cccc(Cl)c2)cc1. The lowest BCUT2D eigenvalue weighted by Crippen LogP contribution is -2.42. The van der Waals surface area contributed by atoms with Gasteiger partial charge in [0.25, 0.3) is 5.91 Å². The number of amides is 2. The van der Waals surface area contributed by atoms with Crippen molar-refractivity contribution in [3.63, 3.8) is 0 Å². The zero-order chi connectivity index (χ0) is 17.1. The van der Waals surface area contributed by atoms with E-state index in [1.807, 2.05) is 31.2 Å². The van der Waals surface area contributed by atoms with Gasteiger partial charge in [-0.25, -0.2) is 0 Å². The Morgan fingerprint density at radius 2 is 1.96 bits per heavy atom. The van der Waals surface area contributed by atoms with Gasteiger partial charge in [0.2, 0.25) is 5.91 Å². The number of carbonyl (C=O) groups excluding carboxylic acids is 2. The molecule has 124 valence electrons. The van der Waals surface area contributed by atoms with E-state index in [-0.39, 0.29) is 18.5 Å². The predicted molar refractivity (Wildman–Crippen MR) is 95.3 cm³/mol. The minimum atomic E-state index is -0.166. The van der Waals surface area contributed by atoms with Gasteiger partial charge in [0.1, 0.15) is 6.67 Å². The van der Waals surface area contributed by atoms with Crippen molar-refractivity contribution in [1.29, 1.82) is 0 Å². The van der Waals surface area contributed by atoms with Gasteiger partial charge in [0, 0.05) is 29.2 Å². The summed E-state index contributed by atoms with van der Waals surface area (Å²) in [5.41, 5.74) is 2.39. The lowest BCUT2D eigenvalue weighted by Gasteiger charge is -2.28. The van der Waals surface area contributed by atoms with Crippen molar-refractivity contribution in [2.75, 3.05) is 18.1 Å². The molecule has 4 nitrogen and oxygen atoms in total. The summed E-state index contributed by atoms with van der Waals surface area (Å²) in [6.07, 6.45) is 1.39. The molecule has 1 fully saturated rings. The van der Waals surface area contributed by atoms with E-state index >= 15 is 0 Å². The molecule has 3 rings (SSSR count). The monoisotopic (exact) mass is 342 g/mol. The van der Waals surface area contributed by atoms with Crippen molar-refractivity contribution in [3.05, 3.63) is 64.7 Å². The van der Waals surface area contributed by atoms with Crippen molar-refractivity contribution >= 4 is 29.1 Å². The molecule has 1 aliphatic heterocycles. The smallest absolute Gasteiger partial charge is 0.259 e. The lowest BCUT2D eigenvalue weighted by molar-refractivity contribution is -0.127. The first kappa shape index (κ1) is 16.5. The highest BCUT2D eigenvalue weighted by atomic mass is 35.5. The summed E-state index contributed by atoms with van der Waals surface area (Å²) >= 11 is 6.02. The van der Waals surface area contributed by atoms with Crippen LogP contribution in [-0.2, 0) is 4.79 Å². The van der Waals surface area contributed by atoms with Crippen LogP contribution >= 0.6 is 11.6 Å². The van der Waals surface area contributed by atoms with Crippen LogP contribution in [0.2, 0.25) is 5.02 Å². The molecule has 1 heterocycles. The average Bonchev–Trinajstić information content (AvgIpc) is 2.98. The number of halogens is 1. The van der Waals surface area contributed by atoms with Crippen LogP contribution in [0.4, 0.5) is 5.69 Å². The summed E-state index contributed by atoms with van der Waals surface area (Å²) < 4.78 is 0. The molecule has 0 radical (unpaired) electrons. The fraction of sp³-hybridized carbons (Fsp3) is 0.263. The van der Waals surface area contributed by atoms with Crippen LogP contribution in [0.5, 0.6) is 0 Å². The number of hydrogen-bond donors (Lipinski definition) is 0. The molecule has 0 saturated carbocycles. The molecule has 24 heavy (non-hydrogen) atoms. The van der Waals surface area contributed by atoms with Gasteiger partial charge in [-0.2, -0.15) is 0 Å². The number of aryl methyl sites for hydroxylation is 1. The van der Waals surface area contributed by atoms with Gasteiger partial charge >= 0.3 is 0 Å². The lowest BCUT2D eigenvalue weighted by atomic mass is 10.1. The highest BCUT2D eigenvalue weighted by Crippen LogP contribution is 2.22. The normalized spacial score (nSPS) is 14.1. The van der Waals surface area contributed by atoms with E-state index in [1.54, 1.807) is 34.1 Å². The van der Waals surface area contributed by atoms with E-state index in [4.69, 9.17) is 11.6 Å². The maximum atomic E-state index is 13.0. The van der Waals surface area contributed by atoms with E-state index < -0.39 is 0 Å². The van der Waals surface area contributed by atoms with Gasteiger partial charge < -0.3 is 4.90 Å². The molecule has 0 bridgehead atoms. The molecule has 0 aromatic heterocycles. The Balaban J connectivity index is 1.92. The number of nitrogens with zero attached hydrogens (tertiary/aromatic N) is 2. The largest absolute Gasteiger partial charge is 0.324 e. The Hall–Kier alpha value is -2.33. The predicted octanol–water partition coefficient (Wildman–Crippen LogP) is 3.88. The maximum absolute atomic E-state index is 13.0. The Morgan fingerprint density at radius 1 is 1.21 bits per heavy atom. The second kappa shape index (κ2) is 7.05. The van der Waals surface area contributed by atoms with Crippen LogP contribution in [-0.4, -0.2) is 29.9 Å². The summed E-state index contributed by atoms with van der Waals surface area (Å²) in [6, 6.07) is 14.6. The van der Waals surface area contributed by atoms with Crippen LogP contribution in [0.15, 0.2) is 48.5 Å². The second-order valence-corrected chi connectivity index (χ2v) is 6.42. The van der Waals surface area contributed by atoms with Gasteiger partial charge in [-0.15, -0.1) is 0 Å². The van der Waals surface area contributed by atoms with E-state index in [0.29, 0.717) is 23.6 Å². The van der Waals surface area contributed by atoms with Crippen LogP contribution in [0.1, 0.15) is 28.8 Å². The Morgan fingerprint density at radius 3 is 2.58 bits per heavy atom. The topological polar surface area (TPSA) is 40.6 Å². The number of rotatable bonds is 4. The Kier molecular flexibility index (Phi) is 4.86. The number of hydrogen-bond acceptors (Lipinski definition) is 2. The highest BCUT2D eigenvalue weighted by molar-refractivity contribution is 6.31. The van der Waals surface area contributed by atoms with Crippen molar-refractivity contribution in [2.45, 2.75) is 19.8 Å². The molecule has 2 aromatic rings. The fourth-order valence-corrected chi connectivity index (χ4v) is 2.98. The third-order valence-electron chi connectivity index (χ3n) is 4.15. The average molecular weight is 343 g/mol. The molecule has 0 N–H and O–H groups in total. The van der Waals surface area contributed by atoms with Crippen molar-refractivity contribution in [3.8, 4) is 0 Å². The van der Waals surface area contributed by atoms with E-state index in [0.717, 1.165) is 17.7 Å².